The van der Waals surface area contributed by atoms with Gasteiger partial charge in [0.15, 0.2) is 0 Å². The summed E-state index contributed by atoms with van der Waals surface area (Å²) < 4.78 is 10.9. The van der Waals surface area contributed by atoms with Crippen molar-refractivity contribution >= 4 is 6.08 Å². The van der Waals surface area contributed by atoms with Gasteiger partial charge in [-0.3, -0.25) is 0 Å². The molecule has 0 aliphatic carbocycles. The average Bonchev–Trinajstić information content (AvgIpc) is 2.62. The molecule has 0 saturated carbocycles. The maximum atomic E-state index is 5.54. The van der Waals surface area contributed by atoms with Crippen LogP contribution in [-0.4, -0.2) is 13.7 Å². The van der Waals surface area contributed by atoms with Crippen LogP contribution in [0.15, 0.2) is 17.7 Å². The van der Waals surface area contributed by atoms with E-state index in [9.17, 15) is 0 Å². The third kappa shape index (κ3) is 1.99. The fourth-order valence-corrected chi connectivity index (χ4v) is 1.82. The Morgan fingerprint density at radius 3 is 2.87 bits per heavy atom. The third-order valence-electron chi connectivity index (χ3n) is 2.49. The molecule has 0 unspecified atom stereocenters. The zero-order valence-electron chi connectivity index (χ0n) is 9.46. The van der Waals surface area contributed by atoms with E-state index in [4.69, 9.17) is 9.47 Å². The van der Waals surface area contributed by atoms with Gasteiger partial charge in [0, 0.05) is 17.5 Å². The second-order valence-corrected chi connectivity index (χ2v) is 4.02. The zero-order chi connectivity index (χ0) is 10.8. The lowest BCUT2D eigenvalue weighted by atomic mass is 10.1. The molecule has 15 heavy (non-hydrogen) atoms. The van der Waals surface area contributed by atoms with Gasteiger partial charge in [-0.1, -0.05) is 11.6 Å². The highest BCUT2D eigenvalue weighted by atomic mass is 16.5. The minimum atomic E-state index is 0.788. The lowest BCUT2D eigenvalue weighted by molar-refractivity contribution is 0.356. The van der Waals surface area contributed by atoms with E-state index in [2.05, 4.69) is 32.1 Å². The fourth-order valence-electron chi connectivity index (χ4n) is 1.82. The van der Waals surface area contributed by atoms with Crippen LogP contribution >= 0.6 is 0 Å². The first-order chi connectivity index (χ1) is 7.20. The van der Waals surface area contributed by atoms with Crippen molar-refractivity contribution in [3.63, 3.8) is 0 Å². The molecule has 0 N–H and O–H groups in total. The van der Waals surface area contributed by atoms with Gasteiger partial charge >= 0.3 is 0 Å². The smallest absolute Gasteiger partial charge is 0.126 e. The summed E-state index contributed by atoms with van der Waals surface area (Å²) in [6.07, 6.45) is 3.10. The van der Waals surface area contributed by atoms with Gasteiger partial charge in [0.05, 0.1) is 13.7 Å². The van der Waals surface area contributed by atoms with E-state index >= 15 is 0 Å². The number of fused-ring (bicyclic) bond motifs is 1. The summed E-state index contributed by atoms with van der Waals surface area (Å²) in [6.45, 7) is 4.94. The van der Waals surface area contributed by atoms with Crippen LogP contribution in [0.3, 0.4) is 0 Å². The Morgan fingerprint density at radius 2 is 2.20 bits per heavy atom. The number of hydrogen-bond acceptors (Lipinski definition) is 2. The topological polar surface area (TPSA) is 18.5 Å². The fraction of sp³-hybridized carbons (Fsp3) is 0.385. The SMILES string of the molecule is COc1cc2c(cc1C=C(C)C)OCC2. The third-order valence-corrected chi connectivity index (χ3v) is 2.49. The summed E-state index contributed by atoms with van der Waals surface area (Å²) in [5.41, 5.74) is 3.60. The Kier molecular flexibility index (Phi) is 2.67. The first-order valence-electron chi connectivity index (χ1n) is 5.19. The molecule has 2 nitrogen and oxygen atoms in total. The van der Waals surface area contributed by atoms with Crippen LogP contribution in [0, 0.1) is 0 Å². The Bertz CT molecular complexity index is 401. The van der Waals surface area contributed by atoms with Crippen molar-refractivity contribution in [1.29, 1.82) is 0 Å². The van der Waals surface area contributed by atoms with E-state index in [1.165, 1.54) is 11.1 Å². The first-order valence-corrected chi connectivity index (χ1v) is 5.19. The lowest BCUT2D eigenvalue weighted by Crippen LogP contribution is -1.89. The van der Waals surface area contributed by atoms with Crippen LogP contribution in [0.2, 0.25) is 0 Å². The van der Waals surface area contributed by atoms with E-state index in [0.717, 1.165) is 30.1 Å². The summed E-state index contributed by atoms with van der Waals surface area (Å²) in [5, 5.41) is 0. The van der Waals surface area contributed by atoms with Crippen molar-refractivity contribution < 1.29 is 9.47 Å². The molecule has 0 radical (unpaired) electrons. The van der Waals surface area contributed by atoms with Crippen LogP contribution in [0.5, 0.6) is 11.5 Å². The molecule has 1 aromatic carbocycles. The maximum absolute atomic E-state index is 5.54. The number of rotatable bonds is 2. The average molecular weight is 204 g/mol. The zero-order valence-corrected chi connectivity index (χ0v) is 9.46. The van der Waals surface area contributed by atoms with Crippen molar-refractivity contribution in [3.8, 4) is 11.5 Å². The quantitative estimate of drug-likeness (QED) is 0.737. The largest absolute Gasteiger partial charge is 0.496 e. The summed E-state index contributed by atoms with van der Waals surface area (Å²) in [5.74, 6) is 1.93. The first kappa shape index (κ1) is 10.1. The second-order valence-electron chi connectivity index (χ2n) is 4.02. The van der Waals surface area contributed by atoms with E-state index in [1.807, 2.05) is 0 Å². The Labute approximate surface area is 90.5 Å². The molecule has 0 fully saturated rings. The predicted octanol–water partition coefficient (Wildman–Crippen LogP) is 3.05. The molecule has 1 aromatic rings. The van der Waals surface area contributed by atoms with Crippen molar-refractivity contribution in [1.82, 2.24) is 0 Å². The minimum Gasteiger partial charge on any atom is -0.496 e. The summed E-state index contributed by atoms with van der Waals surface area (Å²) in [4.78, 5) is 0. The monoisotopic (exact) mass is 204 g/mol. The molecule has 0 spiro atoms. The highest BCUT2D eigenvalue weighted by molar-refractivity contribution is 5.63. The Hall–Kier alpha value is -1.44. The highest BCUT2D eigenvalue weighted by Crippen LogP contribution is 2.33. The molecule has 0 amide bonds. The number of ether oxygens (including phenoxy) is 2. The van der Waals surface area contributed by atoms with Crippen molar-refractivity contribution in [2.75, 3.05) is 13.7 Å². The van der Waals surface area contributed by atoms with Gasteiger partial charge in [-0.25, -0.2) is 0 Å². The highest BCUT2D eigenvalue weighted by Gasteiger charge is 2.15. The molecule has 0 aromatic heterocycles. The molecule has 2 heteroatoms. The number of hydrogen-bond donors (Lipinski definition) is 0. The van der Waals surface area contributed by atoms with E-state index in [1.54, 1.807) is 7.11 Å². The van der Waals surface area contributed by atoms with Gasteiger partial charge in [-0.2, -0.15) is 0 Å². The van der Waals surface area contributed by atoms with Crippen LogP contribution in [0.1, 0.15) is 25.0 Å². The van der Waals surface area contributed by atoms with E-state index < -0.39 is 0 Å². The molecule has 0 bridgehead atoms. The standard InChI is InChI=1S/C13H16O2/c1-9(2)6-11-8-13-10(4-5-15-13)7-12(11)14-3/h6-8H,4-5H2,1-3H3. The Balaban J connectivity index is 2.49. The minimum absolute atomic E-state index is 0.788. The number of benzene rings is 1. The van der Waals surface area contributed by atoms with Gasteiger partial charge < -0.3 is 9.47 Å². The van der Waals surface area contributed by atoms with Crippen LogP contribution in [0.25, 0.3) is 6.08 Å². The van der Waals surface area contributed by atoms with Crippen LogP contribution in [-0.2, 0) is 6.42 Å². The molecule has 1 aliphatic rings. The van der Waals surface area contributed by atoms with Crippen molar-refractivity contribution in [2.45, 2.75) is 20.3 Å². The maximum Gasteiger partial charge on any atom is 0.126 e. The molecule has 0 atom stereocenters. The molecule has 1 aliphatic heterocycles. The molecular formula is C13H16O2. The second kappa shape index (κ2) is 3.97. The van der Waals surface area contributed by atoms with Crippen molar-refractivity contribution in [3.05, 3.63) is 28.8 Å². The van der Waals surface area contributed by atoms with Gasteiger partial charge in [0.2, 0.25) is 0 Å². The lowest BCUT2D eigenvalue weighted by Gasteiger charge is -2.08. The van der Waals surface area contributed by atoms with Gasteiger partial charge in [0.25, 0.3) is 0 Å². The van der Waals surface area contributed by atoms with Crippen LogP contribution < -0.4 is 9.47 Å². The summed E-state index contributed by atoms with van der Waals surface area (Å²) in [6, 6.07) is 4.14. The Morgan fingerprint density at radius 1 is 1.40 bits per heavy atom. The van der Waals surface area contributed by atoms with Gasteiger partial charge in [-0.05, 0) is 26.0 Å². The predicted molar refractivity (Wildman–Crippen MR) is 61.5 cm³/mol. The van der Waals surface area contributed by atoms with Crippen LogP contribution in [0.4, 0.5) is 0 Å². The molecule has 1 heterocycles. The molecular weight excluding hydrogens is 188 g/mol. The number of methoxy groups -OCH3 is 1. The van der Waals surface area contributed by atoms with Crippen molar-refractivity contribution in [2.24, 2.45) is 0 Å². The normalized spacial score (nSPS) is 13.0. The molecule has 0 saturated heterocycles. The van der Waals surface area contributed by atoms with E-state index in [0.29, 0.717) is 0 Å². The molecule has 2 rings (SSSR count). The van der Waals surface area contributed by atoms with Gasteiger partial charge in [0.1, 0.15) is 11.5 Å². The summed E-state index contributed by atoms with van der Waals surface area (Å²) in [7, 11) is 1.71. The summed E-state index contributed by atoms with van der Waals surface area (Å²) >= 11 is 0. The van der Waals surface area contributed by atoms with E-state index in [-0.39, 0.29) is 0 Å². The number of allylic oxidation sites excluding steroid dienone is 1. The molecule has 80 valence electrons. The van der Waals surface area contributed by atoms with Gasteiger partial charge in [-0.15, -0.1) is 0 Å².